The molecular formula is C24H26N2O4S. The SMILES string of the molecule is COCCc1nc(-c2ccc3c(c2)N(CCCOc2cccc(C)c2)C(=O)CO3)cs1. The van der Waals surface area contributed by atoms with E-state index in [1.165, 1.54) is 0 Å². The number of aryl methyl sites for hydroxylation is 1. The number of nitrogens with zero attached hydrogens (tertiary/aromatic N) is 2. The number of benzene rings is 2. The predicted octanol–water partition coefficient (Wildman–Crippen LogP) is 4.50. The fourth-order valence-corrected chi connectivity index (χ4v) is 4.26. The van der Waals surface area contributed by atoms with Crippen molar-refractivity contribution in [3.05, 3.63) is 58.4 Å². The molecule has 2 aromatic carbocycles. The van der Waals surface area contributed by atoms with Gasteiger partial charge in [0.15, 0.2) is 6.61 Å². The van der Waals surface area contributed by atoms with Crippen molar-refractivity contribution in [2.75, 3.05) is 38.4 Å². The minimum atomic E-state index is -0.0423. The van der Waals surface area contributed by atoms with Crippen LogP contribution in [0.5, 0.6) is 11.5 Å². The average molecular weight is 439 g/mol. The van der Waals surface area contributed by atoms with Gasteiger partial charge < -0.3 is 19.1 Å². The van der Waals surface area contributed by atoms with Gasteiger partial charge in [-0.1, -0.05) is 12.1 Å². The fraction of sp³-hybridized carbons (Fsp3) is 0.333. The van der Waals surface area contributed by atoms with Crippen molar-refractivity contribution < 1.29 is 19.0 Å². The van der Waals surface area contributed by atoms with Crippen molar-refractivity contribution in [2.24, 2.45) is 0 Å². The Kier molecular flexibility index (Phi) is 6.84. The first kappa shape index (κ1) is 21.3. The van der Waals surface area contributed by atoms with E-state index in [1.54, 1.807) is 23.3 Å². The average Bonchev–Trinajstić information content (AvgIpc) is 3.25. The van der Waals surface area contributed by atoms with Gasteiger partial charge in [0, 0.05) is 31.0 Å². The number of thiazole rings is 1. The summed E-state index contributed by atoms with van der Waals surface area (Å²) in [7, 11) is 1.69. The molecule has 0 saturated carbocycles. The third kappa shape index (κ3) is 5.24. The number of amides is 1. The van der Waals surface area contributed by atoms with E-state index in [9.17, 15) is 4.79 Å². The van der Waals surface area contributed by atoms with Crippen LogP contribution in [0.25, 0.3) is 11.3 Å². The monoisotopic (exact) mass is 438 g/mol. The molecule has 0 aliphatic carbocycles. The normalized spacial score (nSPS) is 13.1. The van der Waals surface area contributed by atoms with E-state index >= 15 is 0 Å². The number of methoxy groups -OCH3 is 1. The smallest absolute Gasteiger partial charge is 0.265 e. The van der Waals surface area contributed by atoms with Gasteiger partial charge in [0.05, 0.1) is 29.6 Å². The number of ether oxygens (including phenoxy) is 3. The van der Waals surface area contributed by atoms with Crippen molar-refractivity contribution in [2.45, 2.75) is 19.8 Å². The van der Waals surface area contributed by atoms with Crippen LogP contribution in [0.3, 0.4) is 0 Å². The second kappa shape index (κ2) is 9.94. The summed E-state index contributed by atoms with van der Waals surface area (Å²) >= 11 is 1.62. The van der Waals surface area contributed by atoms with Crippen LogP contribution in [-0.4, -0.2) is 44.4 Å². The Morgan fingerprint density at radius 1 is 1.19 bits per heavy atom. The van der Waals surface area contributed by atoms with E-state index in [-0.39, 0.29) is 12.5 Å². The lowest BCUT2D eigenvalue weighted by Crippen LogP contribution is -2.39. The molecule has 0 unspecified atom stereocenters. The van der Waals surface area contributed by atoms with Crippen LogP contribution < -0.4 is 14.4 Å². The van der Waals surface area contributed by atoms with E-state index in [2.05, 4.69) is 0 Å². The van der Waals surface area contributed by atoms with Gasteiger partial charge in [-0.3, -0.25) is 4.79 Å². The molecule has 7 heteroatoms. The van der Waals surface area contributed by atoms with E-state index in [0.29, 0.717) is 19.8 Å². The standard InChI is InChI=1S/C24H26N2O4S/c1-17-5-3-6-19(13-17)29-11-4-10-26-21-14-18(7-8-22(21)30-15-24(26)27)20-16-31-23(25-20)9-12-28-2/h3,5-8,13-14,16H,4,9-12,15H2,1-2H3. The van der Waals surface area contributed by atoms with E-state index in [4.69, 9.17) is 19.2 Å². The van der Waals surface area contributed by atoms with Gasteiger partial charge in [0.25, 0.3) is 5.91 Å². The number of hydrogen-bond donors (Lipinski definition) is 0. The molecule has 0 atom stereocenters. The summed E-state index contributed by atoms with van der Waals surface area (Å²) in [6.45, 7) is 3.86. The molecule has 0 N–H and O–H groups in total. The predicted molar refractivity (Wildman–Crippen MR) is 122 cm³/mol. The molecule has 2 heterocycles. The molecule has 0 spiro atoms. The van der Waals surface area contributed by atoms with Gasteiger partial charge in [-0.25, -0.2) is 4.98 Å². The summed E-state index contributed by atoms with van der Waals surface area (Å²) in [5.41, 5.74) is 3.82. The van der Waals surface area contributed by atoms with Gasteiger partial charge in [-0.05, 0) is 49.2 Å². The lowest BCUT2D eigenvalue weighted by Gasteiger charge is -2.29. The zero-order valence-electron chi connectivity index (χ0n) is 17.8. The molecule has 0 bridgehead atoms. The molecule has 1 aliphatic heterocycles. The molecule has 0 saturated heterocycles. The Morgan fingerprint density at radius 3 is 2.94 bits per heavy atom. The van der Waals surface area contributed by atoms with Crippen LogP contribution in [0.4, 0.5) is 5.69 Å². The summed E-state index contributed by atoms with van der Waals surface area (Å²) in [6, 6.07) is 13.9. The molecule has 1 aliphatic rings. The highest BCUT2D eigenvalue weighted by molar-refractivity contribution is 7.09. The molecule has 0 radical (unpaired) electrons. The van der Waals surface area contributed by atoms with Crippen LogP contribution in [0.15, 0.2) is 47.8 Å². The van der Waals surface area contributed by atoms with Crippen LogP contribution in [0, 0.1) is 6.92 Å². The lowest BCUT2D eigenvalue weighted by molar-refractivity contribution is -0.121. The van der Waals surface area contributed by atoms with Crippen molar-refractivity contribution in [3.8, 4) is 22.8 Å². The van der Waals surface area contributed by atoms with E-state index in [1.807, 2.05) is 54.8 Å². The number of rotatable bonds is 9. The quantitative estimate of drug-likeness (QED) is 0.460. The van der Waals surface area contributed by atoms with Crippen LogP contribution in [0.1, 0.15) is 17.0 Å². The molecule has 6 nitrogen and oxygen atoms in total. The van der Waals surface area contributed by atoms with Gasteiger partial charge in [0.1, 0.15) is 11.5 Å². The third-order valence-corrected chi connectivity index (χ3v) is 5.96. The topological polar surface area (TPSA) is 60.9 Å². The Hall–Kier alpha value is -2.90. The molecule has 162 valence electrons. The maximum atomic E-state index is 12.6. The minimum absolute atomic E-state index is 0.0423. The van der Waals surface area contributed by atoms with Gasteiger partial charge in [-0.2, -0.15) is 0 Å². The summed E-state index contributed by atoms with van der Waals surface area (Å²) in [4.78, 5) is 19.1. The van der Waals surface area contributed by atoms with Gasteiger partial charge >= 0.3 is 0 Å². The van der Waals surface area contributed by atoms with Crippen molar-refractivity contribution in [1.29, 1.82) is 0 Å². The van der Waals surface area contributed by atoms with Crippen LogP contribution in [-0.2, 0) is 16.0 Å². The van der Waals surface area contributed by atoms with Crippen molar-refractivity contribution in [3.63, 3.8) is 0 Å². The van der Waals surface area contributed by atoms with E-state index < -0.39 is 0 Å². The van der Waals surface area contributed by atoms with Gasteiger partial charge in [-0.15, -0.1) is 11.3 Å². The van der Waals surface area contributed by atoms with Crippen LogP contribution in [0.2, 0.25) is 0 Å². The number of fused-ring (bicyclic) bond motifs is 1. The second-order valence-corrected chi connectivity index (χ2v) is 8.35. The second-order valence-electron chi connectivity index (χ2n) is 7.40. The van der Waals surface area contributed by atoms with Crippen molar-refractivity contribution >= 4 is 22.9 Å². The molecular weight excluding hydrogens is 412 g/mol. The number of carbonyl (C=O) groups is 1. The molecule has 1 amide bonds. The Labute approximate surface area is 186 Å². The molecule has 4 rings (SSSR count). The maximum Gasteiger partial charge on any atom is 0.265 e. The molecule has 1 aromatic heterocycles. The number of anilines is 1. The van der Waals surface area contributed by atoms with Crippen LogP contribution >= 0.6 is 11.3 Å². The summed E-state index contributed by atoms with van der Waals surface area (Å²) in [5.74, 6) is 1.53. The number of hydrogen-bond acceptors (Lipinski definition) is 6. The highest BCUT2D eigenvalue weighted by Gasteiger charge is 2.26. The Bertz CT molecular complexity index is 1050. The maximum absolute atomic E-state index is 12.6. The molecule has 31 heavy (non-hydrogen) atoms. The summed E-state index contributed by atoms with van der Waals surface area (Å²) < 4.78 is 16.6. The number of carbonyl (C=O) groups excluding carboxylic acids is 1. The molecule has 3 aromatic rings. The summed E-state index contributed by atoms with van der Waals surface area (Å²) in [6.07, 6.45) is 1.52. The minimum Gasteiger partial charge on any atom is -0.494 e. The number of aromatic nitrogens is 1. The first-order valence-electron chi connectivity index (χ1n) is 10.3. The third-order valence-electron chi connectivity index (χ3n) is 5.05. The van der Waals surface area contributed by atoms with Crippen molar-refractivity contribution in [1.82, 2.24) is 4.98 Å². The molecule has 0 fully saturated rings. The fourth-order valence-electron chi connectivity index (χ4n) is 3.47. The first-order chi connectivity index (χ1) is 15.1. The largest absolute Gasteiger partial charge is 0.494 e. The highest BCUT2D eigenvalue weighted by Crippen LogP contribution is 2.36. The highest BCUT2D eigenvalue weighted by atomic mass is 32.1. The van der Waals surface area contributed by atoms with E-state index in [0.717, 1.165) is 51.9 Å². The lowest BCUT2D eigenvalue weighted by atomic mass is 10.1. The zero-order chi connectivity index (χ0) is 21.6. The Morgan fingerprint density at radius 2 is 2.10 bits per heavy atom. The summed E-state index contributed by atoms with van der Waals surface area (Å²) in [5, 5.41) is 3.07. The van der Waals surface area contributed by atoms with Gasteiger partial charge in [0.2, 0.25) is 0 Å². The zero-order valence-corrected chi connectivity index (χ0v) is 18.6. The first-order valence-corrected chi connectivity index (χ1v) is 11.2. The Balaban J connectivity index is 1.44.